The maximum absolute atomic E-state index is 11.0. The molecule has 2 rings (SSSR count). The number of carboxylic acid groups (broad SMARTS) is 1. The van der Waals surface area contributed by atoms with Crippen LogP contribution in [-0.2, 0) is 6.54 Å². The second-order valence-electron chi connectivity index (χ2n) is 5.32. The number of anilines is 2. The predicted molar refractivity (Wildman–Crippen MR) is 85.7 cm³/mol. The number of hydrogen-bond donors (Lipinski definition) is 3. The fourth-order valence-corrected chi connectivity index (χ4v) is 2.12. The summed E-state index contributed by atoms with van der Waals surface area (Å²) in [5.41, 5.74) is 9.32. The van der Waals surface area contributed by atoms with E-state index in [2.05, 4.69) is 43.4 Å². The van der Waals surface area contributed by atoms with Gasteiger partial charge < -0.3 is 16.2 Å². The summed E-state index contributed by atoms with van der Waals surface area (Å²) in [7, 11) is 0. The summed E-state index contributed by atoms with van der Waals surface area (Å²) in [6, 6.07) is 13.3. The Balaban J connectivity index is 2.09. The minimum absolute atomic E-state index is 0.121. The summed E-state index contributed by atoms with van der Waals surface area (Å²) in [4.78, 5) is 11.0. The van der Waals surface area contributed by atoms with Gasteiger partial charge in [-0.3, -0.25) is 0 Å². The van der Waals surface area contributed by atoms with E-state index in [1.54, 1.807) is 12.1 Å². The highest BCUT2D eigenvalue weighted by Gasteiger charge is 2.10. The van der Waals surface area contributed by atoms with Gasteiger partial charge >= 0.3 is 5.97 Å². The summed E-state index contributed by atoms with van der Waals surface area (Å²) in [6.45, 7) is 4.92. The molecule has 0 aliphatic rings. The highest BCUT2D eigenvalue weighted by molar-refractivity contribution is 5.97. The van der Waals surface area contributed by atoms with Gasteiger partial charge in [-0.05, 0) is 29.2 Å². The zero-order chi connectivity index (χ0) is 15.4. The lowest BCUT2D eigenvalue weighted by molar-refractivity contribution is 0.0698. The van der Waals surface area contributed by atoms with E-state index >= 15 is 0 Å². The molecule has 0 aromatic heterocycles. The first-order chi connectivity index (χ1) is 9.99. The molecule has 4 nitrogen and oxygen atoms in total. The zero-order valence-corrected chi connectivity index (χ0v) is 12.3. The van der Waals surface area contributed by atoms with E-state index in [1.807, 2.05) is 0 Å². The molecule has 0 fully saturated rings. The Hall–Kier alpha value is -2.49. The van der Waals surface area contributed by atoms with Crippen molar-refractivity contribution in [3.63, 3.8) is 0 Å². The number of para-hydroxylation sites is 1. The zero-order valence-electron chi connectivity index (χ0n) is 12.3. The number of carboxylic acids is 1. The van der Waals surface area contributed by atoms with Gasteiger partial charge in [0.2, 0.25) is 0 Å². The standard InChI is InChI=1S/C17H20N2O2/c1-11(2)13-8-6-12(7-9-13)10-19-15-5-3-4-14(16(15)18)17(20)21/h3-9,11,19H,10,18H2,1-2H3,(H,20,21). The lowest BCUT2D eigenvalue weighted by atomic mass is 10.0. The van der Waals surface area contributed by atoms with E-state index in [4.69, 9.17) is 10.8 Å². The van der Waals surface area contributed by atoms with Crippen LogP contribution in [0.25, 0.3) is 0 Å². The summed E-state index contributed by atoms with van der Waals surface area (Å²) in [6.07, 6.45) is 0. The molecular formula is C17H20N2O2. The molecule has 110 valence electrons. The van der Waals surface area contributed by atoms with E-state index in [1.165, 1.54) is 11.6 Å². The fraction of sp³-hybridized carbons (Fsp3) is 0.235. The molecule has 0 saturated heterocycles. The average molecular weight is 284 g/mol. The Kier molecular flexibility index (Phi) is 4.48. The first-order valence-corrected chi connectivity index (χ1v) is 6.93. The van der Waals surface area contributed by atoms with E-state index < -0.39 is 5.97 Å². The van der Waals surface area contributed by atoms with Crippen LogP contribution in [0.4, 0.5) is 11.4 Å². The van der Waals surface area contributed by atoms with Crippen LogP contribution in [0.5, 0.6) is 0 Å². The lowest BCUT2D eigenvalue weighted by Crippen LogP contribution is -2.07. The molecule has 21 heavy (non-hydrogen) atoms. The highest BCUT2D eigenvalue weighted by atomic mass is 16.4. The molecule has 0 saturated carbocycles. The first-order valence-electron chi connectivity index (χ1n) is 6.93. The number of aromatic carboxylic acids is 1. The minimum Gasteiger partial charge on any atom is -0.478 e. The number of nitrogens with one attached hydrogen (secondary N) is 1. The van der Waals surface area contributed by atoms with Gasteiger partial charge in [0.05, 0.1) is 16.9 Å². The van der Waals surface area contributed by atoms with Crippen LogP contribution in [0.3, 0.4) is 0 Å². The van der Waals surface area contributed by atoms with Gasteiger partial charge in [0.15, 0.2) is 0 Å². The van der Waals surface area contributed by atoms with Gasteiger partial charge in [-0.25, -0.2) is 4.79 Å². The molecule has 0 unspecified atom stereocenters. The molecule has 4 N–H and O–H groups in total. The molecule has 0 spiro atoms. The smallest absolute Gasteiger partial charge is 0.337 e. The van der Waals surface area contributed by atoms with Crippen molar-refractivity contribution in [2.24, 2.45) is 0 Å². The number of rotatable bonds is 5. The highest BCUT2D eigenvalue weighted by Crippen LogP contribution is 2.23. The Morgan fingerprint density at radius 2 is 1.86 bits per heavy atom. The summed E-state index contributed by atoms with van der Waals surface area (Å²) < 4.78 is 0. The van der Waals surface area contributed by atoms with Crippen molar-refractivity contribution in [3.8, 4) is 0 Å². The number of hydrogen-bond acceptors (Lipinski definition) is 3. The maximum atomic E-state index is 11.0. The Bertz CT molecular complexity index is 634. The average Bonchev–Trinajstić information content (AvgIpc) is 2.46. The van der Waals surface area contributed by atoms with E-state index in [0.29, 0.717) is 18.2 Å². The lowest BCUT2D eigenvalue weighted by Gasteiger charge is -2.12. The molecule has 0 aliphatic carbocycles. The van der Waals surface area contributed by atoms with Crippen molar-refractivity contribution in [3.05, 3.63) is 59.2 Å². The van der Waals surface area contributed by atoms with Crippen molar-refractivity contribution in [2.75, 3.05) is 11.1 Å². The third-order valence-electron chi connectivity index (χ3n) is 3.47. The molecule has 4 heteroatoms. The van der Waals surface area contributed by atoms with E-state index in [-0.39, 0.29) is 11.3 Å². The minimum atomic E-state index is -1.02. The van der Waals surface area contributed by atoms with Crippen LogP contribution < -0.4 is 11.1 Å². The van der Waals surface area contributed by atoms with Crippen LogP contribution in [0.1, 0.15) is 41.3 Å². The van der Waals surface area contributed by atoms with Crippen LogP contribution in [-0.4, -0.2) is 11.1 Å². The number of carbonyl (C=O) groups is 1. The van der Waals surface area contributed by atoms with E-state index in [9.17, 15) is 4.79 Å². The van der Waals surface area contributed by atoms with Gasteiger partial charge in [0.25, 0.3) is 0 Å². The summed E-state index contributed by atoms with van der Waals surface area (Å²) in [5.74, 6) is -0.507. The number of nitrogens with two attached hydrogens (primary N) is 1. The first kappa shape index (κ1) is 14.9. The van der Waals surface area contributed by atoms with Gasteiger partial charge in [-0.15, -0.1) is 0 Å². The fourth-order valence-electron chi connectivity index (χ4n) is 2.12. The van der Waals surface area contributed by atoms with Crippen LogP contribution in [0, 0.1) is 0 Å². The molecule has 2 aromatic carbocycles. The predicted octanol–water partition coefficient (Wildman–Crippen LogP) is 3.70. The van der Waals surface area contributed by atoms with Crippen molar-refractivity contribution in [1.29, 1.82) is 0 Å². The number of nitrogen functional groups attached to an aromatic ring is 1. The molecular weight excluding hydrogens is 264 g/mol. The van der Waals surface area contributed by atoms with Crippen LogP contribution in [0.15, 0.2) is 42.5 Å². The van der Waals surface area contributed by atoms with Gasteiger partial charge in [-0.1, -0.05) is 44.2 Å². The molecule has 2 aromatic rings. The Morgan fingerprint density at radius 1 is 1.19 bits per heavy atom. The largest absolute Gasteiger partial charge is 0.478 e. The third kappa shape index (κ3) is 3.54. The second-order valence-corrected chi connectivity index (χ2v) is 5.32. The molecule has 0 radical (unpaired) electrons. The summed E-state index contributed by atoms with van der Waals surface area (Å²) >= 11 is 0. The monoisotopic (exact) mass is 284 g/mol. The Labute approximate surface area is 124 Å². The summed E-state index contributed by atoms with van der Waals surface area (Å²) in [5, 5.41) is 12.2. The number of benzene rings is 2. The van der Waals surface area contributed by atoms with Crippen molar-refractivity contribution in [1.82, 2.24) is 0 Å². The van der Waals surface area contributed by atoms with Gasteiger partial charge in [-0.2, -0.15) is 0 Å². The van der Waals surface area contributed by atoms with Crippen molar-refractivity contribution in [2.45, 2.75) is 26.3 Å². The molecule has 0 aliphatic heterocycles. The normalized spacial score (nSPS) is 10.6. The van der Waals surface area contributed by atoms with Crippen molar-refractivity contribution < 1.29 is 9.90 Å². The van der Waals surface area contributed by atoms with Crippen LogP contribution in [0.2, 0.25) is 0 Å². The van der Waals surface area contributed by atoms with E-state index in [0.717, 1.165) is 5.56 Å². The topological polar surface area (TPSA) is 75.3 Å². The van der Waals surface area contributed by atoms with Crippen LogP contribution >= 0.6 is 0 Å². The SMILES string of the molecule is CC(C)c1ccc(CNc2cccc(C(=O)O)c2N)cc1. The molecule has 0 amide bonds. The molecule has 0 heterocycles. The second kappa shape index (κ2) is 6.31. The third-order valence-corrected chi connectivity index (χ3v) is 3.47. The Morgan fingerprint density at radius 3 is 2.43 bits per heavy atom. The molecule has 0 atom stereocenters. The van der Waals surface area contributed by atoms with Gasteiger partial charge in [0.1, 0.15) is 0 Å². The maximum Gasteiger partial charge on any atom is 0.337 e. The van der Waals surface area contributed by atoms with Gasteiger partial charge in [0, 0.05) is 6.54 Å². The quantitative estimate of drug-likeness (QED) is 0.732. The van der Waals surface area contributed by atoms with Crippen molar-refractivity contribution >= 4 is 17.3 Å². The molecule has 0 bridgehead atoms.